The summed E-state index contributed by atoms with van der Waals surface area (Å²) in [6.45, 7) is 3.71. The fraction of sp³-hybridized carbons (Fsp3) is 0.257. The van der Waals surface area contributed by atoms with Crippen LogP contribution in [0.3, 0.4) is 0 Å². The number of anilines is 1. The molecule has 0 radical (unpaired) electrons. The van der Waals surface area contributed by atoms with Gasteiger partial charge in [0.25, 0.3) is 10.0 Å². The number of amides is 2. The fourth-order valence-corrected chi connectivity index (χ4v) is 6.76. The summed E-state index contributed by atoms with van der Waals surface area (Å²) in [6.07, 6.45) is 0.198. The van der Waals surface area contributed by atoms with E-state index in [9.17, 15) is 18.0 Å². The first-order valence-corrected chi connectivity index (χ1v) is 17.0. The molecule has 0 fully saturated rings. The fourth-order valence-electron chi connectivity index (χ4n) is 4.86. The Bertz CT molecular complexity index is 1740. The minimum Gasteiger partial charge on any atom is -0.497 e. The second kappa shape index (κ2) is 16.0. The van der Waals surface area contributed by atoms with Gasteiger partial charge in [-0.3, -0.25) is 13.9 Å². The smallest absolute Gasteiger partial charge is 0.264 e. The van der Waals surface area contributed by atoms with Crippen LogP contribution in [0, 0.1) is 5.92 Å². The van der Waals surface area contributed by atoms with Gasteiger partial charge in [0.2, 0.25) is 11.8 Å². The molecule has 0 bridgehead atoms. The molecule has 46 heavy (non-hydrogen) atoms. The van der Waals surface area contributed by atoms with E-state index in [2.05, 4.69) is 5.32 Å². The number of nitrogens with one attached hydrogen (secondary N) is 1. The highest BCUT2D eigenvalue weighted by Crippen LogP contribution is 2.35. The van der Waals surface area contributed by atoms with E-state index in [4.69, 9.17) is 27.9 Å². The first-order valence-electron chi connectivity index (χ1n) is 14.8. The van der Waals surface area contributed by atoms with Crippen molar-refractivity contribution in [1.82, 2.24) is 10.2 Å². The summed E-state index contributed by atoms with van der Waals surface area (Å²) >= 11 is 12.9. The van der Waals surface area contributed by atoms with Crippen LogP contribution < -0.4 is 14.4 Å². The molecule has 0 aliphatic carbocycles. The van der Waals surface area contributed by atoms with E-state index in [-0.39, 0.29) is 45.4 Å². The van der Waals surface area contributed by atoms with E-state index < -0.39 is 28.5 Å². The highest BCUT2D eigenvalue weighted by Gasteiger charge is 2.35. The normalized spacial score (nSPS) is 12.0. The average molecular weight is 683 g/mol. The second-order valence-electron chi connectivity index (χ2n) is 11.1. The number of nitrogens with zero attached hydrogens (tertiary/aromatic N) is 2. The number of ether oxygens (including phenoxy) is 1. The Hall–Kier alpha value is -4.05. The van der Waals surface area contributed by atoms with Crippen LogP contribution in [-0.4, -0.2) is 51.4 Å². The van der Waals surface area contributed by atoms with Gasteiger partial charge in [-0.15, -0.1) is 0 Å². The van der Waals surface area contributed by atoms with Crippen LogP contribution in [-0.2, 0) is 32.6 Å². The summed E-state index contributed by atoms with van der Waals surface area (Å²) in [5, 5.41) is 3.08. The number of carbonyl (C=O) groups is 2. The predicted octanol–water partition coefficient (Wildman–Crippen LogP) is 6.61. The summed E-state index contributed by atoms with van der Waals surface area (Å²) in [6, 6.07) is 27.9. The SMILES string of the molecule is COc1cccc(CN(C(=O)CN(c2cccc(Cl)c2Cl)S(=O)(=O)c2ccccc2)[C@H](Cc2ccccc2)C(=O)NCC(C)C)c1. The Balaban J connectivity index is 1.83. The minimum absolute atomic E-state index is 0.00509. The van der Waals surface area contributed by atoms with Crippen LogP contribution in [0.25, 0.3) is 0 Å². The molecular weight excluding hydrogens is 645 g/mol. The first-order chi connectivity index (χ1) is 22.0. The number of sulfonamides is 1. The number of methoxy groups -OCH3 is 1. The quantitative estimate of drug-likeness (QED) is 0.162. The van der Waals surface area contributed by atoms with Crippen LogP contribution in [0.2, 0.25) is 10.0 Å². The van der Waals surface area contributed by atoms with Gasteiger partial charge in [0.1, 0.15) is 18.3 Å². The van der Waals surface area contributed by atoms with Crippen molar-refractivity contribution in [3.63, 3.8) is 0 Å². The van der Waals surface area contributed by atoms with Gasteiger partial charge in [-0.25, -0.2) is 8.42 Å². The zero-order valence-electron chi connectivity index (χ0n) is 25.9. The Labute approximate surface area is 280 Å². The summed E-state index contributed by atoms with van der Waals surface area (Å²) in [5.41, 5.74) is 1.57. The zero-order chi connectivity index (χ0) is 33.3. The molecular formula is C35H37Cl2N3O5S. The van der Waals surface area contributed by atoms with Crippen molar-refractivity contribution in [3.8, 4) is 5.75 Å². The van der Waals surface area contributed by atoms with Crippen molar-refractivity contribution in [3.05, 3.63) is 124 Å². The summed E-state index contributed by atoms with van der Waals surface area (Å²) in [5.74, 6) is -0.223. The summed E-state index contributed by atoms with van der Waals surface area (Å²) in [7, 11) is -2.77. The lowest BCUT2D eigenvalue weighted by Crippen LogP contribution is -2.53. The standard InChI is InChI=1S/C35H37Cl2N3O5S/c1-25(2)22-38-35(42)32(21-26-12-6-4-7-13-26)39(23-27-14-10-15-28(20-27)45-3)33(41)24-40(31-19-11-18-30(36)34(31)37)46(43,44)29-16-8-5-9-17-29/h4-20,25,32H,21-24H2,1-3H3,(H,38,42)/t32-/m1/s1. The van der Waals surface area contributed by atoms with E-state index in [1.807, 2.05) is 50.2 Å². The molecule has 11 heteroatoms. The largest absolute Gasteiger partial charge is 0.497 e. The molecule has 0 aliphatic rings. The maximum Gasteiger partial charge on any atom is 0.264 e. The van der Waals surface area contributed by atoms with Gasteiger partial charge >= 0.3 is 0 Å². The van der Waals surface area contributed by atoms with Crippen LogP contribution in [0.15, 0.2) is 108 Å². The van der Waals surface area contributed by atoms with Crippen LogP contribution >= 0.6 is 23.2 Å². The number of halogens is 2. The van der Waals surface area contributed by atoms with Crippen molar-refractivity contribution < 1.29 is 22.7 Å². The summed E-state index contributed by atoms with van der Waals surface area (Å²) in [4.78, 5) is 29.8. The van der Waals surface area contributed by atoms with Gasteiger partial charge < -0.3 is 15.0 Å². The third-order valence-electron chi connectivity index (χ3n) is 7.25. The van der Waals surface area contributed by atoms with E-state index >= 15 is 0 Å². The molecule has 0 saturated carbocycles. The number of benzene rings is 4. The van der Waals surface area contributed by atoms with E-state index in [1.165, 1.54) is 29.2 Å². The summed E-state index contributed by atoms with van der Waals surface area (Å²) < 4.78 is 34.6. The Morgan fingerprint density at radius 2 is 1.48 bits per heavy atom. The number of rotatable bonds is 14. The van der Waals surface area contributed by atoms with Crippen LogP contribution in [0.5, 0.6) is 5.75 Å². The van der Waals surface area contributed by atoms with Gasteiger partial charge in [0, 0.05) is 19.5 Å². The maximum atomic E-state index is 14.6. The Kier molecular flexibility index (Phi) is 12.1. The molecule has 0 spiro atoms. The molecule has 4 rings (SSSR count). The van der Waals surface area contributed by atoms with Gasteiger partial charge in [-0.1, -0.05) is 104 Å². The average Bonchev–Trinajstić information content (AvgIpc) is 3.06. The van der Waals surface area contributed by atoms with Crippen molar-refractivity contribution in [2.75, 3.05) is 24.5 Å². The molecule has 1 atom stereocenters. The number of hydrogen-bond acceptors (Lipinski definition) is 5. The molecule has 1 N–H and O–H groups in total. The molecule has 242 valence electrons. The van der Waals surface area contributed by atoms with Gasteiger partial charge in [0.15, 0.2) is 0 Å². The van der Waals surface area contributed by atoms with Crippen molar-refractivity contribution in [1.29, 1.82) is 0 Å². The Morgan fingerprint density at radius 3 is 2.13 bits per heavy atom. The van der Waals surface area contributed by atoms with Crippen molar-refractivity contribution in [2.45, 2.75) is 37.8 Å². The molecule has 8 nitrogen and oxygen atoms in total. The highest BCUT2D eigenvalue weighted by atomic mass is 35.5. The monoisotopic (exact) mass is 681 g/mol. The van der Waals surface area contributed by atoms with E-state index in [0.29, 0.717) is 17.9 Å². The maximum absolute atomic E-state index is 14.6. The van der Waals surface area contributed by atoms with Crippen molar-refractivity contribution >= 4 is 50.7 Å². The molecule has 2 amide bonds. The van der Waals surface area contributed by atoms with Gasteiger partial charge in [0.05, 0.1) is 27.7 Å². The third-order valence-corrected chi connectivity index (χ3v) is 9.84. The third kappa shape index (κ3) is 8.81. The second-order valence-corrected chi connectivity index (χ2v) is 13.8. The molecule has 0 aliphatic heterocycles. The number of carbonyl (C=O) groups excluding carboxylic acids is 2. The lowest BCUT2D eigenvalue weighted by molar-refractivity contribution is -0.140. The molecule has 0 heterocycles. The molecule has 4 aromatic carbocycles. The van der Waals surface area contributed by atoms with E-state index in [1.54, 1.807) is 49.6 Å². The zero-order valence-corrected chi connectivity index (χ0v) is 28.2. The van der Waals surface area contributed by atoms with Crippen LogP contribution in [0.1, 0.15) is 25.0 Å². The minimum atomic E-state index is -4.31. The molecule has 4 aromatic rings. The van der Waals surface area contributed by atoms with Gasteiger partial charge in [-0.2, -0.15) is 0 Å². The van der Waals surface area contributed by atoms with Crippen molar-refractivity contribution in [2.24, 2.45) is 5.92 Å². The predicted molar refractivity (Wildman–Crippen MR) is 183 cm³/mol. The highest BCUT2D eigenvalue weighted by molar-refractivity contribution is 7.92. The first kappa shape index (κ1) is 34.8. The number of hydrogen-bond donors (Lipinski definition) is 1. The Morgan fingerprint density at radius 1 is 0.848 bits per heavy atom. The van der Waals surface area contributed by atoms with Gasteiger partial charge in [-0.05, 0) is 53.4 Å². The molecule has 0 unspecified atom stereocenters. The lowest BCUT2D eigenvalue weighted by Gasteiger charge is -2.34. The molecule has 0 saturated heterocycles. The topological polar surface area (TPSA) is 96.0 Å². The van der Waals surface area contributed by atoms with E-state index in [0.717, 1.165) is 9.87 Å². The lowest BCUT2D eigenvalue weighted by atomic mass is 10.0. The van der Waals surface area contributed by atoms with Crippen LogP contribution in [0.4, 0.5) is 5.69 Å². The molecule has 0 aromatic heterocycles.